The van der Waals surface area contributed by atoms with E-state index in [4.69, 9.17) is 4.98 Å². The number of fused-ring (bicyclic) bond motifs is 1. The SMILES string of the molecule is CNCCc1nc(-c2cccnc2)n2c1CCCC2. The van der Waals surface area contributed by atoms with E-state index in [1.807, 2.05) is 25.5 Å². The summed E-state index contributed by atoms with van der Waals surface area (Å²) in [4.78, 5) is 9.10. The molecule has 0 amide bonds. The smallest absolute Gasteiger partial charge is 0.142 e. The molecule has 2 aromatic rings. The third-order valence-electron chi connectivity index (χ3n) is 3.73. The molecule has 4 nitrogen and oxygen atoms in total. The van der Waals surface area contributed by atoms with Gasteiger partial charge in [0.15, 0.2) is 0 Å². The van der Waals surface area contributed by atoms with Crippen LogP contribution in [-0.2, 0) is 19.4 Å². The van der Waals surface area contributed by atoms with E-state index in [1.165, 1.54) is 24.2 Å². The monoisotopic (exact) mass is 256 g/mol. The molecule has 1 aliphatic rings. The van der Waals surface area contributed by atoms with Crippen molar-refractivity contribution in [1.82, 2.24) is 19.9 Å². The molecule has 19 heavy (non-hydrogen) atoms. The summed E-state index contributed by atoms with van der Waals surface area (Å²) in [6.45, 7) is 2.07. The third kappa shape index (κ3) is 2.40. The van der Waals surface area contributed by atoms with E-state index >= 15 is 0 Å². The number of nitrogens with one attached hydrogen (secondary N) is 1. The highest BCUT2D eigenvalue weighted by Gasteiger charge is 2.20. The number of likely N-dealkylation sites (N-methyl/N-ethyl adjacent to an activating group) is 1. The maximum absolute atomic E-state index is 4.88. The van der Waals surface area contributed by atoms with Crippen LogP contribution in [0.1, 0.15) is 24.2 Å². The fourth-order valence-electron chi connectivity index (χ4n) is 2.78. The van der Waals surface area contributed by atoms with Crippen molar-refractivity contribution in [2.45, 2.75) is 32.2 Å². The Kier molecular flexibility index (Phi) is 3.60. The largest absolute Gasteiger partial charge is 0.328 e. The number of imidazole rings is 1. The maximum Gasteiger partial charge on any atom is 0.142 e. The van der Waals surface area contributed by atoms with Crippen molar-refractivity contribution in [3.05, 3.63) is 35.9 Å². The fraction of sp³-hybridized carbons (Fsp3) is 0.467. The van der Waals surface area contributed by atoms with Crippen molar-refractivity contribution in [3.63, 3.8) is 0 Å². The molecule has 0 aromatic carbocycles. The summed E-state index contributed by atoms with van der Waals surface area (Å²) in [7, 11) is 1.99. The molecule has 4 heteroatoms. The van der Waals surface area contributed by atoms with Gasteiger partial charge in [0.2, 0.25) is 0 Å². The highest BCUT2D eigenvalue weighted by Crippen LogP contribution is 2.27. The Hall–Kier alpha value is -1.68. The summed E-state index contributed by atoms with van der Waals surface area (Å²) < 4.78 is 2.39. The molecule has 3 heterocycles. The van der Waals surface area contributed by atoms with E-state index in [-0.39, 0.29) is 0 Å². The van der Waals surface area contributed by atoms with Crippen LogP contribution in [0.15, 0.2) is 24.5 Å². The fourth-order valence-corrected chi connectivity index (χ4v) is 2.78. The van der Waals surface area contributed by atoms with Crippen LogP contribution in [0, 0.1) is 0 Å². The molecular formula is C15H20N4. The molecule has 0 aliphatic carbocycles. The van der Waals surface area contributed by atoms with E-state index in [9.17, 15) is 0 Å². The zero-order valence-corrected chi connectivity index (χ0v) is 11.4. The Morgan fingerprint density at radius 1 is 1.37 bits per heavy atom. The molecule has 0 radical (unpaired) electrons. The number of hydrogen-bond donors (Lipinski definition) is 1. The summed E-state index contributed by atoms with van der Waals surface area (Å²) in [5, 5.41) is 3.21. The number of hydrogen-bond acceptors (Lipinski definition) is 3. The lowest BCUT2D eigenvalue weighted by molar-refractivity contribution is 0.532. The quantitative estimate of drug-likeness (QED) is 0.910. The minimum absolute atomic E-state index is 0.983. The zero-order valence-electron chi connectivity index (χ0n) is 11.4. The van der Waals surface area contributed by atoms with Gasteiger partial charge in [-0.1, -0.05) is 0 Å². The van der Waals surface area contributed by atoms with Crippen LogP contribution in [0.5, 0.6) is 0 Å². The standard InChI is InChI=1S/C15H20N4/c1-16-9-7-13-14-6-2-3-10-19(14)15(18-13)12-5-4-8-17-11-12/h4-5,8,11,16H,2-3,6-7,9-10H2,1H3. The molecule has 0 fully saturated rings. The summed E-state index contributed by atoms with van der Waals surface area (Å²) in [6, 6.07) is 4.08. The van der Waals surface area contributed by atoms with E-state index in [0.717, 1.165) is 37.3 Å². The first-order valence-electron chi connectivity index (χ1n) is 7.03. The maximum atomic E-state index is 4.88. The molecule has 0 saturated carbocycles. The predicted molar refractivity (Wildman–Crippen MR) is 76.0 cm³/mol. The molecule has 0 bridgehead atoms. The van der Waals surface area contributed by atoms with Gasteiger partial charge in [0.1, 0.15) is 5.82 Å². The Morgan fingerprint density at radius 2 is 2.32 bits per heavy atom. The Labute approximate surface area is 113 Å². The molecule has 100 valence electrons. The van der Waals surface area contributed by atoms with Crippen molar-refractivity contribution in [2.75, 3.05) is 13.6 Å². The highest BCUT2D eigenvalue weighted by atomic mass is 15.1. The highest BCUT2D eigenvalue weighted by molar-refractivity contribution is 5.55. The van der Waals surface area contributed by atoms with Crippen LogP contribution in [0.4, 0.5) is 0 Å². The van der Waals surface area contributed by atoms with Crippen LogP contribution in [-0.4, -0.2) is 28.1 Å². The average Bonchev–Trinajstić information content (AvgIpc) is 2.85. The van der Waals surface area contributed by atoms with Gasteiger partial charge in [-0.15, -0.1) is 0 Å². The van der Waals surface area contributed by atoms with Crippen molar-refractivity contribution in [3.8, 4) is 11.4 Å². The number of aromatic nitrogens is 3. The third-order valence-corrected chi connectivity index (χ3v) is 3.73. The van der Waals surface area contributed by atoms with Gasteiger partial charge in [-0.2, -0.15) is 0 Å². The molecule has 1 aliphatic heterocycles. The van der Waals surface area contributed by atoms with Crippen molar-refractivity contribution in [2.24, 2.45) is 0 Å². The van der Waals surface area contributed by atoms with Gasteiger partial charge in [0, 0.05) is 43.2 Å². The van der Waals surface area contributed by atoms with Gasteiger partial charge < -0.3 is 9.88 Å². The number of rotatable bonds is 4. The van der Waals surface area contributed by atoms with E-state index < -0.39 is 0 Å². The second-order valence-corrected chi connectivity index (χ2v) is 5.03. The van der Waals surface area contributed by atoms with Gasteiger partial charge in [0.05, 0.1) is 5.69 Å². The lowest BCUT2D eigenvalue weighted by Crippen LogP contribution is -2.15. The van der Waals surface area contributed by atoms with E-state index in [2.05, 4.69) is 20.9 Å². The topological polar surface area (TPSA) is 42.7 Å². The Balaban J connectivity index is 2.02. The zero-order chi connectivity index (χ0) is 13.1. The molecule has 0 unspecified atom stereocenters. The first kappa shape index (κ1) is 12.4. The van der Waals surface area contributed by atoms with E-state index in [0.29, 0.717) is 0 Å². The molecule has 0 atom stereocenters. The minimum atomic E-state index is 0.983. The molecule has 2 aromatic heterocycles. The van der Waals surface area contributed by atoms with Crippen molar-refractivity contribution >= 4 is 0 Å². The van der Waals surface area contributed by atoms with Gasteiger partial charge in [-0.25, -0.2) is 4.98 Å². The van der Waals surface area contributed by atoms with Crippen LogP contribution in [0.2, 0.25) is 0 Å². The van der Waals surface area contributed by atoms with Gasteiger partial charge in [-0.3, -0.25) is 4.98 Å². The second-order valence-electron chi connectivity index (χ2n) is 5.03. The first-order chi connectivity index (χ1) is 9.40. The average molecular weight is 256 g/mol. The Bertz CT molecular complexity index is 545. The predicted octanol–water partition coefficient (Wildman–Crippen LogP) is 2.04. The summed E-state index contributed by atoms with van der Waals surface area (Å²) in [5.74, 6) is 1.09. The molecule has 3 rings (SSSR count). The van der Waals surface area contributed by atoms with Crippen LogP contribution < -0.4 is 5.32 Å². The lowest BCUT2D eigenvalue weighted by Gasteiger charge is -2.17. The van der Waals surface area contributed by atoms with Crippen LogP contribution >= 0.6 is 0 Å². The molecule has 0 saturated heterocycles. The van der Waals surface area contributed by atoms with Gasteiger partial charge in [-0.05, 0) is 38.4 Å². The molecular weight excluding hydrogens is 236 g/mol. The Morgan fingerprint density at radius 3 is 3.11 bits per heavy atom. The van der Waals surface area contributed by atoms with Crippen molar-refractivity contribution in [1.29, 1.82) is 0 Å². The van der Waals surface area contributed by atoms with Gasteiger partial charge in [0.25, 0.3) is 0 Å². The number of pyridine rings is 1. The lowest BCUT2D eigenvalue weighted by atomic mass is 10.1. The summed E-state index contributed by atoms with van der Waals surface area (Å²) in [6.07, 6.45) is 8.42. The number of nitrogens with zero attached hydrogens (tertiary/aromatic N) is 3. The normalized spacial score (nSPS) is 14.4. The van der Waals surface area contributed by atoms with Crippen molar-refractivity contribution < 1.29 is 0 Å². The van der Waals surface area contributed by atoms with E-state index in [1.54, 1.807) is 0 Å². The first-order valence-corrected chi connectivity index (χ1v) is 7.03. The molecule has 1 N–H and O–H groups in total. The summed E-state index contributed by atoms with van der Waals surface area (Å²) in [5.41, 5.74) is 3.81. The van der Waals surface area contributed by atoms with Crippen LogP contribution in [0.25, 0.3) is 11.4 Å². The second kappa shape index (κ2) is 5.53. The molecule has 0 spiro atoms. The van der Waals surface area contributed by atoms with Gasteiger partial charge >= 0.3 is 0 Å². The minimum Gasteiger partial charge on any atom is -0.328 e. The van der Waals surface area contributed by atoms with Crippen LogP contribution in [0.3, 0.4) is 0 Å². The summed E-state index contributed by atoms with van der Waals surface area (Å²) >= 11 is 0.